The summed E-state index contributed by atoms with van der Waals surface area (Å²) in [6.07, 6.45) is 3.20. The van der Waals surface area contributed by atoms with E-state index in [2.05, 4.69) is 22.5 Å². The zero-order valence-electron chi connectivity index (χ0n) is 10.4. The van der Waals surface area contributed by atoms with Crippen LogP contribution in [-0.2, 0) is 12.8 Å². The number of aromatic nitrogens is 1. The predicted molar refractivity (Wildman–Crippen MR) is 75.2 cm³/mol. The zero-order chi connectivity index (χ0) is 12.8. The minimum atomic E-state index is 0.495. The number of rotatable bonds is 6. The first-order valence-electron chi connectivity index (χ1n) is 6.07. The molecule has 18 heavy (non-hydrogen) atoms. The highest BCUT2D eigenvalue weighted by molar-refractivity contribution is 7.07. The van der Waals surface area contributed by atoms with Crippen molar-refractivity contribution in [3.63, 3.8) is 0 Å². The van der Waals surface area contributed by atoms with Crippen LogP contribution in [-0.4, -0.2) is 4.98 Å². The molecule has 1 aromatic carbocycles. The van der Waals surface area contributed by atoms with Crippen molar-refractivity contribution in [1.82, 2.24) is 4.98 Å². The molecule has 0 saturated carbocycles. The van der Waals surface area contributed by atoms with E-state index >= 15 is 0 Å². The first kappa shape index (κ1) is 12.9. The summed E-state index contributed by atoms with van der Waals surface area (Å²) < 4.78 is 0. The van der Waals surface area contributed by atoms with Crippen LogP contribution < -0.4 is 0 Å². The van der Waals surface area contributed by atoms with Gasteiger partial charge in [0.25, 0.3) is 0 Å². The SMILES string of the molecule is CC(CCc1ccc(N=O)cc1)Cc1cscn1. The van der Waals surface area contributed by atoms with Crippen LogP contribution in [0.2, 0.25) is 0 Å². The van der Waals surface area contributed by atoms with Crippen LogP contribution in [0.15, 0.2) is 40.3 Å². The molecule has 1 heterocycles. The van der Waals surface area contributed by atoms with Crippen LogP contribution in [0.5, 0.6) is 0 Å². The molecule has 0 fully saturated rings. The third-order valence-corrected chi connectivity index (χ3v) is 3.64. The average Bonchev–Trinajstić information content (AvgIpc) is 2.90. The molecule has 0 radical (unpaired) electrons. The van der Waals surface area contributed by atoms with Crippen LogP contribution in [0.4, 0.5) is 5.69 Å². The number of hydrogen-bond acceptors (Lipinski definition) is 4. The van der Waals surface area contributed by atoms with Gasteiger partial charge in [0.2, 0.25) is 0 Å². The fraction of sp³-hybridized carbons (Fsp3) is 0.357. The standard InChI is InChI=1S/C14H16N2OS/c1-11(8-14-9-18-10-15-14)2-3-12-4-6-13(16-17)7-5-12/h4-7,9-11H,2-3,8H2,1H3. The Hall–Kier alpha value is -1.55. The maximum atomic E-state index is 10.3. The Bertz CT molecular complexity index is 479. The van der Waals surface area contributed by atoms with Gasteiger partial charge in [0.1, 0.15) is 5.69 Å². The van der Waals surface area contributed by atoms with E-state index in [0.717, 1.165) is 19.3 Å². The largest absolute Gasteiger partial charge is 0.250 e. The molecule has 0 N–H and O–H groups in total. The minimum absolute atomic E-state index is 0.495. The quantitative estimate of drug-likeness (QED) is 0.724. The normalized spacial score (nSPS) is 12.3. The van der Waals surface area contributed by atoms with Crippen molar-refractivity contribution in [3.05, 3.63) is 51.3 Å². The van der Waals surface area contributed by atoms with E-state index in [-0.39, 0.29) is 0 Å². The summed E-state index contributed by atoms with van der Waals surface area (Å²) in [6.45, 7) is 2.25. The lowest BCUT2D eigenvalue weighted by Gasteiger charge is -2.09. The predicted octanol–water partition coefficient (Wildman–Crippen LogP) is 4.35. The second-order valence-electron chi connectivity index (χ2n) is 4.59. The Labute approximate surface area is 111 Å². The Morgan fingerprint density at radius 3 is 2.72 bits per heavy atom. The highest BCUT2D eigenvalue weighted by atomic mass is 32.1. The van der Waals surface area contributed by atoms with Crippen LogP contribution in [0.25, 0.3) is 0 Å². The van der Waals surface area contributed by atoms with E-state index in [1.807, 2.05) is 17.6 Å². The summed E-state index contributed by atoms with van der Waals surface area (Å²) in [6, 6.07) is 7.50. The van der Waals surface area contributed by atoms with E-state index < -0.39 is 0 Å². The van der Waals surface area contributed by atoms with Crippen LogP contribution in [0, 0.1) is 10.8 Å². The molecule has 0 amide bonds. The van der Waals surface area contributed by atoms with Crippen molar-refractivity contribution >= 4 is 17.0 Å². The van der Waals surface area contributed by atoms with Crippen LogP contribution in [0.3, 0.4) is 0 Å². The lowest BCUT2D eigenvalue weighted by molar-refractivity contribution is 0.525. The Morgan fingerprint density at radius 1 is 1.33 bits per heavy atom. The number of nitrogens with zero attached hydrogens (tertiary/aromatic N) is 2. The van der Waals surface area contributed by atoms with Gasteiger partial charge in [0.15, 0.2) is 0 Å². The maximum absolute atomic E-state index is 10.3. The Kier molecular flexibility index (Phi) is 4.59. The van der Waals surface area contributed by atoms with Gasteiger partial charge in [0, 0.05) is 5.38 Å². The van der Waals surface area contributed by atoms with Gasteiger partial charge in [-0.25, -0.2) is 4.98 Å². The van der Waals surface area contributed by atoms with E-state index in [1.165, 1.54) is 11.3 Å². The van der Waals surface area contributed by atoms with E-state index in [1.54, 1.807) is 23.5 Å². The van der Waals surface area contributed by atoms with Gasteiger partial charge in [-0.15, -0.1) is 16.2 Å². The number of benzene rings is 1. The van der Waals surface area contributed by atoms with Gasteiger partial charge in [-0.05, 0) is 48.1 Å². The van der Waals surface area contributed by atoms with Gasteiger partial charge in [-0.1, -0.05) is 19.1 Å². The first-order valence-corrected chi connectivity index (χ1v) is 7.01. The number of hydrogen-bond donors (Lipinski definition) is 0. The molecule has 1 atom stereocenters. The lowest BCUT2D eigenvalue weighted by atomic mass is 9.97. The summed E-state index contributed by atoms with van der Waals surface area (Å²) in [5.74, 6) is 0.621. The highest BCUT2D eigenvalue weighted by Crippen LogP contribution is 2.17. The van der Waals surface area contributed by atoms with Crippen LogP contribution in [0.1, 0.15) is 24.6 Å². The molecule has 0 spiro atoms. The monoisotopic (exact) mass is 260 g/mol. The zero-order valence-corrected chi connectivity index (χ0v) is 11.2. The number of thiazole rings is 1. The third-order valence-electron chi connectivity index (χ3n) is 3.01. The molecule has 94 valence electrons. The summed E-state index contributed by atoms with van der Waals surface area (Å²) in [7, 11) is 0. The topological polar surface area (TPSA) is 42.3 Å². The molecule has 2 rings (SSSR count). The van der Waals surface area contributed by atoms with Crippen molar-refractivity contribution in [2.75, 3.05) is 0 Å². The smallest absolute Gasteiger partial charge is 0.108 e. The highest BCUT2D eigenvalue weighted by Gasteiger charge is 2.06. The van der Waals surface area contributed by atoms with Gasteiger partial charge in [0.05, 0.1) is 11.2 Å². The molecular formula is C14H16N2OS. The molecule has 2 aromatic rings. The lowest BCUT2D eigenvalue weighted by Crippen LogP contribution is -2.02. The number of aryl methyl sites for hydroxylation is 1. The average molecular weight is 260 g/mol. The van der Waals surface area contributed by atoms with Crippen molar-refractivity contribution in [2.45, 2.75) is 26.2 Å². The summed E-state index contributed by atoms with van der Waals surface area (Å²) in [5, 5.41) is 5.01. The van der Waals surface area contributed by atoms with E-state index in [9.17, 15) is 4.91 Å². The van der Waals surface area contributed by atoms with Crippen molar-refractivity contribution < 1.29 is 0 Å². The number of nitroso groups, excluding NO2 is 1. The Balaban J connectivity index is 1.81. The second-order valence-corrected chi connectivity index (χ2v) is 5.30. The molecule has 4 heteroatoms. The summed E-state index contributed by atoms with van der Waals surface area (Å²) >= 11 is 1.65. The van der Waals surface area contributed by atoms with Crippen LogP contribution >= 0.6 is 11.3 Å². The molecule has 0 bridgehead atoms. The molecule has 0 aliphatic rings. The van der Waals surface area contributed by atoms with E-state index in [0.29, 0.717) is 11.6 Å². The van der Waals surface area contributed by atoms with E-state index in [4.69, 9.17) is 0 Å². The Morgan fingerprint density at radius 2 is 2.11 bits per heavy atom. The fourth-order valence-corrected chi connectivity index (χ4v) is 2.51. The second kappa shape index (κ2) is 6.40. The van der Waals surface area contributed by atoms with Gasteiger partial charge in [-0.2, -0.15) is 0 Å². The van der Waals surface area contributed by atoms with Gasteiger partial charge < -0.3 is 0 Å². The maximum Gasteiger partial charge on any atom is 0.108 e. The van der Waals surface area contributed by atoms with Gasteiger partial charge in [-0.3, -0.25) is 0 Å². The molecular weight excluding hydrogens is 244 g/mol. The van der Waals surface area contributed by atoms with Crippen molar-refractivity contribution in [3.8, 4) is 0 Å². The third kappa shape index (κ3) is 3.74. The summed E-state index contributed by atoms with van der Waals surface area (Å²) in [4.78, 5) is 14.6. The molecule has 0 saturated heterocycles. The fourth-order valence-electron chi connectivity index (χ4n) is 1.93. The summed E-state index contributed by atoms with van der Waals surface area (Å²) in [5.41, 5.74) is 4.82. The molecule has 3 nitrogen and oxygen atoms in total. The first-order chi connectivity index (χ1) is 8.78. The van der Waals surface area contributed by atoms with Crippen molar-refractivity contribution in [2.24, 2.45) is 11.1 Å². The minimum Gasteiger partial charge on any atom is -0.250 e. The molecule has 1 aromatic heterocycles. The van der Waals surface area contributed by atoms with Crippen molar-refractivity contribution in [1.29, 1.82) is 0 Å². The molecule has 0 aliphatic carbocycles. The molecule has 1 unspecified atom stereocenters. The van der Waals surface area contributed by atoms with Gasteiger partial charge >= 0.3 is 0 Å². The molecule has 0 aliphatic heterocycles.